The quantitative estimate of drug-likeness (QED) is 0.579. The lowest BCUT2D eigenvalue weighted by molar-refractivity contribution is -0.260. The van der Waals surface area contributed by atoms with Crippen molar-refractivity contribution in [1.82, 2.24) is 4.90 Å². The largest absolute Gasteiger partial charge is 0.392 e. The maximum Gasteiger partial charge on any atom is 0.174 e. The molecule has 28 heavy (non-hydrogen) atoms. The molecule has 0 aromatic rings. The highest BCUT2D eigenvalue weighted by molar-refractivity contribution is 5.93. The molecule has 6 nitrogen and oxygen atoms in total. The molecule has 3 N–H and O–H groups in total. The van der Waals surface area contributed by atoms with Gasteiger partial charge in [-0.1, -0.05) is 19.4 Å². The summed E-state index contributed by atoms with van der Waals surface area (Å²) in [7, 11) is 3.89. The van der Waals surface area contributed by atoms with Crippen molar-refractivity contribution in [3.05, 3.63) is 11.1 Å². The number of Topliss-reactive ketones (excluding diaryl/α,β-unsaturated/α-hetero) is 1. The third-order valence-corrected chi connectivity index (χ3v) is 8.82. The molecule has 1 aliphatic heterocycles. The molecular weight excluding hydrogens is 358 g/mol. The summed E-state index contributed by atoms with van der Waals surface area (Å²) in [5.41, 5.74) is -1.41. The first kappa shape index (κ1) is 20.5. The van der Waals surface area contributed by atoms with Crippen LogP contribution in [0.5, 0.6) is 0 Å². The Morgan fingerprint density at radius 3 is 2.36 bits per heavy atom. The van der Waals surface area contributed by atoms with Gasteiger partial charge in [-0.15, -0.1) is 0 Å². The molecule has 0 radical (unpaired) electrons. The molecule has 0 aromatic carbocycles. The van der Waals surface area contributed by atoms with Crippen molar-refractivity contribution < 1.29 is 24.9 Å². The standard InChI is InChI=1S/C22H35NO5/c1-11-7-8-22(27)18(23(5)6)16-12-10-28-13(12)9-14(24)21(16,4)19(26)17(25)15(11)20(22,2)3/h12-14,16-18,24-25,27H,7-10H2,1-6H3/t12?,13?,14-,16?,17?,18?,21+,22+/m0/s1. The Hall–Kier alpha value is -0.790. The number of carbonyl (C=O) groups is 1. The first-order chi connectivity index (χ1) is 12.9. The van der Waals surface area contributed by atoms with Gasteiger partial charge in [-0.25, -0.2) is 0 Å². The highest BCUT2D eigenvalue weighted by Gasteiger charge is 2.70. The van der Waals surface area contributed by atoms with Crippen LogP contribution in [0.3, 0.4) is 0 Å². The lowest BCUT2D eigenvalue weighted by atomic mass is 9.45. The second-order valence-electron chi connectivity index (χ2n) is 10.5. The Kier molecular flexibility index (Phi) is 4.47. The Morgan fingerprint density at radius 2 is 1.82 bits per heavy atom. The highest BCUT2D eigenvalue weighted by atomic mass is 16.5. The van der Waals surface area contributed by atoms with Gasteiger partial charge in [-0.05, 0) is 52.3 Å². The van der Waals surface area contributed by atoms with E-state index in [4.69, 9.17) is 4.74 Å². The zero-order chi connectivity index (χ0) is 20.8. The van der Waals surface area contributed by atoms with E-state index < -0.39 is 28.6 Å². The number of ketones is 1. The van der Waals surface area contributed by atoms with Crippen molar-refractivity contribution in [2.45, 2.75) is 76.9 Å². The maximum absolute atomic E-state index is 13.8. The van der Waals surface area contributed by atoms with Crippen molar-refractivity contribution >= 4 is 5.78 Å². The third kappa shape index (κ3) is 2.24. The smallest absolute Gasteiger partial charge is 0.174 e. The first-order valence-electron chi connectivity index (χ1n) is 10.5. The Morgan fingerprint density at radius 1 is 1.18 bits per heavy atom. The number of ether oxygens (including phenoxy) is 1. The van der Waals surface area contributed by atoms with E-state index in [-0.39, 0.29) is 29.8 Å². The van der Waals surface area contributed by atoms with Crippen LogP contribution in [0.15, 0.2) is 11.1 Å². The van der Waals surface area contributed by atoms with E-state index in [1.165, 1.54) is 0 Å². The number of hydrogen-bond donors (Lipinski definition) is 3. The van der Waals surface area contributed by atoms with E-state index in [1.54, 1.807) is 6.92 Å². The normalized spacial score (nSPS) is 50.4. The number of hydrogen-bond acceptors (Lipinski definition) is 6. The van der Waals surface area contributed by atoms with E-state index in [0.29, 0.717) is 31.4 Å². The average molecular weight is 394 g/mol. The fourth-order valence-corrected chi connectivity index (χ4v) is 7.10. The van der Waals surface area contributed by atoms with Crippen LogP contribution in [0.1, 0.15) is 47.0 Å². The van der Waals surface area contributed by atoms with Crippen LogP contribution in [0, 0.1) is 22.7 Å². The molecule has 0 aromatic heterocycles. The minimum absolute atomic E-state index is 0.0883. The molecule has 1 saturated heterocycles. The summed E-state index contributed by atoms with van der Waals surface area (Å²) in [5, 5.41) is 34.6. The molecule has 0 amide bonds. The number of aliphatic hydroxyl groups excluding tert-OH is 2. The van der Waals surface area contributed by atoms with Crippen LogP contribution in [0.2, 0.25) is 0 Å². The van der Waals surface area contributed by atoms with E-state index in [1.807, 2.05) is 39.8 Å². The molecule has 4 rings (SSSR count). The van der Waals surface area contributed by atoms with Gasteiger partial charge in [-0.3, -0.25) is 4.79 Å². The van der Waals surface area contributed by atoms with Gasteiger partial charge in [0.05, 0.1) is 29.8 Å². The molecule has 2 saturated carbocycles. The van der Waals surface area contributed by atoms with Gasteiger partial charge in [0.2, 0.25) is 0 Å². The number of carbonyl (C=O) groups excluding carboxylic acids is 1. The fourth-order valence-electron chi connectivity index (χ4n) is 7.10. The first-order valence-corrected chi connectivity index (χ1v) is 10.5. The third-order valence-electron chi connectivity index (χ3n) is 8.82. The molecule has 8 atom stereocenters. The number of likely N-dealkylation sites (N-methyl/N-ethyl adjacent to an activating group) is 1. The lowest BCUT2D eigenvalue weighted by Crippen LogP contribution is -2.75. The van der Waals surface area contributed by atoms with Crippen LogP contribution in [0.25, 0.3) is 0 Å². The minimum atomic E-state index is -1.30. The SMILES string of the molecule is CC1=C2C(O)C(=O)[C@@]3(C)C(C4COC4C[C@@H]3O)C(N(C)C)[C@](O)(CC1)C2(C)C. The zero-order valence-corrected chi connectivity index (χ0v) is 17.9. The van der Waals surface area contributed by atoms with Crippen molar-refractivity contribution in [2.75, 3.05) is 20.7 Å². The van der Waals surface area contributed by atoms with Crippen LogP contribution >= 0.6 is 0 Å². The predicted octanol–water partition coefficient (Wildman–Crippen LogP) is 1.13. The molecule has 6 heteroatoms. The van der Waals surface area contributed by atoms with Crippen molar-refractivity contribution in [2.24, 2.45) is 22.7 Å². The molecule has 5 unspecified atom stereocenters. The fraction of sp³-hybridized carbons (Fsp3) is 0.864. The van der Waals surface area contributed by atoms with Crippen molar-refractivity contribution in [1.29, 1.82) is 0 Å². The molecule has 2 bridgehead atoms. The Bertz CT molecular complexity index is 730. The van der Waals surface area contributed by atoms with Crippen LogP contribution in [-0.4, -0.2) is 76.7 Å². The zero-order valence-electron chi connectivity index (χ0n) is 17.9. The van der Waals surface area contributed by atoms with Crippen LogP contribution in [0.4, 0.5) is 0 Å². The Labute approximate surface area is 167 Å². The van der Waals surface area contributed by atoms with E-state index in [0.717, 1.165) is 5.57 Å². The molecule has 4 aliphatic rings. The molecule has 1 heterocycles. The monoisotopic (exact) mass is 393 g/mol. The summed E-state index contributed by atoms with van der Waals surface area (Å²) in [6, 6.07) is -0.335. The van der Waals surface area contributed by atoms with E-state index >= 15 is 0 Å². The molecule has 158 valence electrons. The van der Waals surface area contributed by atoms with Crippen LogP contribution < -0.4 is 0 Å². The van der Waals surface area contributed by atoms with Gasteiger partial charge >= 0.3 is 0 Å². The van der Waals surface area contributed by atoms with Crippen molar-refractivity contribution in [3.63, 3.8) is 0 Å². The number of rotatable bonds is 1. The number of aliphatic hydroxyl groups is 3. The van der Waals surface area contributed by atoms with Crippen LogP contribution in [-0.2, 0) is 9.53 Å². The van der Waals surface area contributed by atoms with E-state index in [9.17, 15) is 20.1 Å². The average Bonchev–Trinajstić information content (AvgIpc) is 2.58. The maximum atomic E-state index is 13.8. The van der Waals surface area contributed by atoms with Crippen molar-refractivity contribution in [3.8, 4) is 0 Å². The summed E-state index contributed by atoms with van der Waals surface area (Å²) in [4.78, 5) is 15.8. The minimum Gasteiger partial charge on any atom is -0.392 e. The molecule has 0 spiro atoms. The van der Waals surface area contributed by atoms with Gasteiger partial charge in [0.25, 0.3) is 0 Å². The summed E-state index contributed by atoms with van der Waals surface area (Å²) in [5.74, 6) is -0.518. The van der Waals surface area contributed by atoms with Gasteiger partial charge in [0.1, 0.15) is 6.10 Å². The summed E-state index contributed by atoms with van der Waals surface area (Å²) in [6.07, 6.45) is -0.678. The molecule has 3 fully saturated rings. The second kappa shape index (κ2) is 6.11. The second-order valence-corrected chi connectivity index (χ2v) is 10.5. The molecule has 3 aliphatic carbocycles. The molecular formula is C22H35NO5. The highest BCUT2D eigenvalue weighted by Crippen LogP contribution is 2.61. The van der Waals surface area contributed by atoms with Gasteiger partial charge < -0.3 is 25.0 Å². The topological polar surface area (TPSA) is 90.2 Å². The van der Waals surface area contributed by atoms with E-state index in [2.05, 4.69) is 0 Å². The van der Waals surface area contributed by atoms with Gasteiger partial charge in [0, 0.05) is 23.8 Å². The summed E-state index contributed by atoms with van der Waals surface area (Å²) >= 11 is 0. The van der Waals surface area contributed by atoms with Gasteiger partial charge in [0.15, 0.2) is 5.78 Å². The predicted molar refractivity (Wildman–Crippen MR) is 105 cm³/mol. The number of fused-ring (bicyclic) bond motifs is 5. The van der Waals surface area contributed by atoms with Gasteiger partial charge in [-0.2, -0.15) is 0 Å². The summed E-state index contributed by atoms with van der Waals surface area (Å²) < 4.78 is 5.72. The number of allylic oxidation sites excluding steroid dienone is 1. The lowest BCUT2D eigenvalue weighted by Gasteiger charge is -2.66. The summed E-state index contributed by atoms with van der Waals surface area (Å²) in [6.45, 7) is 8.19. The Balaban J connectivity index is 2.01. The number of nitrogens with zero attached hydrogens (tertiary/aromatic N) is 1.